The van der Waals surface area contributed by atoms with Crippen molar-refractivity contribution in [1.82, 2.24) is 15.2 Å². The van der Waals surface area contributed by atoms with E-state index in [1.54, 1.807) is 0 Å². The molecule has 0 amide bonds. The van der Waals surface area contributed by atoms with Crippen molar-refractivity contribution in [3.05, 3.63) is 40.5 Å². The maximum absolute atomic E-state index is 4.55. The average Bonchev–Trinajstić information content (AvgIpc) is 2.95. The van der Waals surface area contributed by atoms with Gasteiger partial charge in [-0.25, -0.2) is 0 Å². The number of aromatic nitrogens is 1. The Bertz CT molecular complexity index is 593. The zero-order chi connectivity index (χ0) is 13.9. The number of halogens is 1. The Labute approximate surface area is 128 Å². The Morgan fingerprint density at radius 2 is 2.30 bits per heavy atom. The number of hydrogen-bond acceptors (Lipinski definition) is 3. The van der Waals surface area contributed by atoms with Gasteiger partial charge < -0.3 is 10.2 Å². The summed E-state index contributed by atoms with van der Waals surface area (Å²) in [6.45, 7) is 3.21. The minimum Gasteiger partial charge on any atom is -0.313 e. The molecule has 1 unspecified atom stereocenters. The van der Waals surface area contributed by atoms with Crippen molar-refractivity contribution < 1.29 is 0 Å². The lowest BCUT2D eigenvalue weighted by Crippen LogP contribution is -2.35. The first-order valence-electron chi connectivity index (χ1n) is 7.18. The molecule has 1 aromatic carbocycles. The zero-order valence-corrected chi connectivity index (χ0v) is 13.4. The van der Waals surface area contributed by atoms with E-state index in [2.05, 4.69) is 56.4 Å². The summed E-state index contributed by atoms with van der Waals surface area (Å²) in [5.74, 6) is 0. The van der Waals surface area contributed by atoms with E-state index in [4.69, 9.17) is 0 Å². The molecule has 2 aromatic rings. The molecule has 0 spiro atoms. The predicted octanol–water partition coefficient (Wildman–Crippen LogP) is 3.18. The Hall–Kier alpha value is -0.970. The smallest absolute Gasteiger partial charge is 0.0758 e. The summed E-state index contributed by atoms with van der Waals surface area (Å²) in [4.78, 5) is 6.94. The highest BCUT2D eigenvalue weighted by molar-refractivity contribution is 9.10. The molecule has 2 heterocycles. The van der Waals surface area contributed by atoms with Crippen molar-refractivity contribution in [1.29, 1.82) is 0 Å². The third-order valence-corrected chi connectivity index (χ3v) is 4.63. The molecule has 0 bridgehead atoms. The number of pyridine rings is 1. The van der Waals surface area contributed by atoms with Crippen molar-refractivity contribution in [2.75, 3.05) is 20.1 Å². The molecular weight excluding hydrogens is 314 g/mol. The Balaban J connectivity index is 1.78. The van der Waals surface area contributed by atoms with Crippen LogP contribution in [0.5, 0.6) is 0 Å². The molecule has 0 saturated carbocycles. The van der Waals surface area contributed by atoms with Gasteiger partial charge in [0.05, 0.1) is 5.52 Å². The maximum Gasteiger partial charge on any atom is 0.0758 e. The topological polar surface area (TPSA) is 28.2 Å². The fraction of sp³-hybridized carbons (Fsp3) is 0.438. The lowest BCUT2D eigenvalue weighted by molar-refractivity contribution is 0.294. The fourth-order valence-electron chi connectivity index (χ4n) is 2.97. The van der Waals surface area contributed by atoms with Crippen LogP contribution in [0.3, 0.4) is 0 Å². The van der Waals surface area contributed by atoms with Crippen LogP contribution >= 0.6 is 15.9 Å². The number of likely N-dealkylation sites (N-methyl/N-ethyl adjacent to an activating group) is 1. The molecule has 1 atom stereocenters. The number of hydrogen-bond donors (Lipinski definition) is 1. The highest BCUT2D eigenvalue weighted by Crippen LogP contribution is 2.25. The summed E-state index contributed by atoms with van der Waals surface area (Å²) in [7, 11) is 2.19. The van der Waals surface area contributed by atoms with E-state index in [9.17, 15) is 0 Å². The zero-order valence-electron chi connectivity index (χ0n) is 11.8. The summed E-state index contributed by atoms with van der Waals surface area (Å²) in [5.41, 5.74) is 2.40. The normalized spacial score (nSPS) is 19.1. The largest absolute Gasteiger partial charge is 0.313 e. The molecule has 1 aliphatic rings. The van der Waals surface area contributed by atoms with Gasteiger partial charge in [-0.2, -0.15) is 0 Å². The molecule has 1 aliphatic heterocycles. The van der Waals surface area contributed by atoms with Crippen LogP contribution in [-0.4, -0.2) is 36.1 Å². The van der Waals surface area contributed by atoms with Gasteiger partial charge in [-0.15, -0.1) is 0 Å². The second-order valence-corrected chi connectivity index (χ2v) is 6.45. The number of rotatable bonds is 4. The third kappa shape index (κ3) is 3.03. The molecule has 0 radical (unpaired) electrons. The van der Waals surface area contributed by atoms with Gasteiger partial charge in [-0.3, -0.25) is 4.98 Å². The molecule has 1 N–H and O–H groups in total. The van der Waals surface area contributed by atoms with Crippen LogP contribution in [0.15, 0.2) is 34.9 Å². The van der Waals surface area contributed by atoms with Crippen molar-refractivity contribution in [3.8, 4) is 0 Å². The van der Waals surface area contributed by atoms with Gasteiger partial charge in [-0.05, 0) is 44.1 Å². The Morgan fingerprint density at radius 3 is 3.10 bits per heavy atom. The van der Waals surface area contributed by atoms with E-state index in [0.29, 0.717) is 6.04 Å². The summed E-state index contributed by atoms with van der Waals surface area (Å²) >= 11 is 3.60. The second-order valence-electron chi connectivity index (χ2n) is 5.60. The molecule has 1 aromatic heterocycles. The van der Waals surface area contributed by atoms with Gasteiger partial charge >= 0.3 is 0 Å². The summed E-state index contributed by atoms with van der Waals surface area (Å²) in [6, 6.07) is 9.06. The molecular formula is C16H20BrN3. The lowest BCUT2D eigenvalue weighted by atomic mass is 10.1. The SMILES string of the molecule is CN(Cc1ccc(Br)c2cccnc12)CC1CCCN1. The molecule has 0 aliphatic carbocycles. The van der Waals surface area contributed by atoms with Crippen molar-refractivity contribution in [2.45, 2.75) is 25.4 Å². The Morgan fingerprint density at radius 1 is 1.40 bits per heavy atom. The summed E-state index contributed by atoms with van der Waals surface area (Å²) < 4.78 is 1.12. The fourth-order valence-corrected chi connectivity index (χ4v) is 3.42. The predicted molar refractivity (Wildman–Crippen MR) is 86.8 cm³/mol. The molecule has 1 saturated heterocycles. The molecule has 106 valence electrons. The van der Waals surface area contributed by atoms with E-state index in [0.717, 1.165) is 23.1 Å². The van der Waals surface area contributed by atoms with Crippen molar-refractivity contribution in [3.63, 3.8) is 0 Å². The van der Waals surface area contributed by atoms with Crippen LogP contribution in [-0.2, 0) is 6.54 Å². The van der Waals surface area contributed by atoms with Crippen LogP contribution in [0.25, 0.3) is 10.9 Å². The molecule has 4 heteroatoms. The van der Waals surface area contributed by atoms with Crippen LogP contribution in [0.4, 0.5) is 0 Å². The first-order chi connectivity index (χ1) is 9.74. The van der Waals surface area contributed by atoms with Crippen molar-refractivity contribution >= 4 is 26.8 Å². The van der Waals surface area contributed by atoms with E-state index >= 15 is 0 Å². The van der Waals surface area contributed by atoms with Crippen molar-refractivity contribution in [2.24, 2.45) is 0 Å². The molecule has 3 rings (SSSR count). The van der Waals surface area contributed by atoms with Crippen LogP contribution in [0.2, 0.25) is 0 Å². The number of benzene rings is 1. The van der Waals surface area contributed by atoms with Crippen LogP contribution < -0.4 is 5.32 Å². The number of nitrogens with one attached hydrogen (secondary N) is 1. The number of fused-ring (bicyclic) bond motifs is 1. The van der Waals surface area contributed by atoms with E-state index in [1.165, 1.54) is 30.3 Å². The highest BCUT2D eigenvalue weighted by atomic mass is 79.9. The summed E-state index contributed by atoms with van der Waals surface area (Å²) in [5, 5.41) is 4.75. The van der Waals surface area contributed by atoms with Crippen LogP contribution in [0.1, 0.15) is 18.4 Å². The second kappa shape index (κ2) is 6.20. The first kappa shape index (κ1) is 14.0. The van der Waals surface area contributed by atoms with Gasteiger partial charge in [-0.1, -0.05) is 28.1 Å². The standard InChI is InChI=1S/C16H20BrN3/c1-20(11-13-4-2-8-18-13)10-12-6-7-15(17)14-5-3-9-19-16(12)14/h3,5-7,9,13,18H,2,4,8,10-11H2,1H3. The van der Waals surface area contributed by atoms with Gasteiger partial charge in [0.1, 0.15) is 0 Å². The lowest BCUT2D eigenvalue weighted by Gasteiger charge is -2.21. The summed E-state index contributed by atoms with van der Waals surface area (Å²) in [6.07, 6.45) is 4.47. The average molecular weight is 334 g/mol. The quantitative estimate of drug-likeness (QED) is 0.931. The van der Waals surface area contributed by atoms with Crippen LogP contribution in [0, 0.1) is 0 Å². The highest BCUT2D eigenvalue weighted by Gasteiger charge is 2.16. The first-order valence-corrected chi connectivity index (χ1v) is 7.97. The minimum atomic E-state index is 0.648. The maximum atomic E-state index is 4.55. The molecule has 3 nitrogen and oxygen atoms in total. The minimum absolute atomic E-state index is 0.648. The molecule has 1 fully saturated rings. The third-order valence-electron chi connectivity index (χ3n) is 3.93. The van der Waals surface area contributed by atoms with E-state index in [1.807, 2.05) is 12.3 Å². The van der Waals surface area contributed by atoms with Gasteiger partial charge in [0.25, 0.3) is 0 Å². The Kier molecular flexibility index (Phi) is 4.34. The monoisotopic (exact) mass is 333 g/mol. The molecule has 20 heavy (non-hydrogen) atoms. The van der Waals surface area contributed by atoms with E-state index in [-0.39, 0.29) is 0 Å². The van der Waals surface area contributed by atoms with Gasteiger partial charge in [0.2, 0.25) is 0 Å². The van der Waals surface area contributed by atoms with E-state index < -0.39 is 0 Å². The number of nitrogens with zero attached hydrogens (tertiary/aromatic N) is 2. The van der Waals surface area contributed by atoms with Gasteiger partial charge in [0.15, 0.2) is 0 Å². The van der Waals surface area contributed by atoms with Gasteiger partial charge in [0, 0.05) is 35.2 Å².